The number of rotatable bonds is 2. The van der Waals surface area contributed by atoms with Crippen molar-refractivity contribution in [3.05, 3.63) is 42.5 Å². The average molecular weight is 326 g/mol. The van der Waals surface area contributed by atoms with Crippen molar-refractivity contribution in [2.45, 2.75) is 30.7 Å². The number of benzene rings is 2. The van der Waals surface area contributed by atoms with E-state index >= 15 is 0 Å². The number of carbonyl (C=O) groups is 2. The van der Waals surface area contributed by atoms with E-state index in [1.165, 1.54) is 0 Å². The molecule has 0 spiro atoms. The van der Waals surface area contributed by atoms with Crippen molar-refractivity contribution >= 4 is 40.0 Å². The maximum atomic E-state index is 12.7. The van der Waals surface area contributed by atoms with Gasteiger partial charge in [-0.15, -0.1) is 11.8 Å². The lowest BCUT2D eigenvalue weighted by Crippen LogP contribution is -2.48. The van der Waals surface area contributed by atoms with Crippen molar-refractivity contribution in [2.75, 3.05) is 11.1 Å². The zero-order valence-electron chi connectivity index (χ0n) is 12.9. The predicted molar refractivity (Wildman–Crippen MR) is 93.3 cm³/mol. The Morgan fingerprint density at radius 1 is 1.26 bits per heavy atom. The van der Waals surface area contributed by atoms with Gasteiger partial charge in [0, 0.05) is 17.9 Å². The number of nitrogens with one attached hydrogen (secondary N) is 1. The summed E-state index contributed by atoms with van der Waals surface area (Å²) in [6, 6.07) is 13.6. The molecule has 2 aromatic rings. The van der Waals surface area contributed by atoms with Crippen LogP contribution in [0.25, 0.3) is 10.8 Å². The summed E-state index contributed by atoms with van der Waals surface area (Å²) in [5.74, 6) is 0.671. The van der Waals surface area contributed by atoms with Gasteiger partial charge in [0.05, 0.1) is 4.87 Å². The third-order valence-corrected chi connectivity index (χ3v) is 6.27. The van der Waals surface area contributed by atoms with Crippen LogP contribution in [0.15, 0.2) is 42.5 Å². The molecule has 0 bridgehead atoms. The highest BCUT2D eigenvalue weighted by molar-refractivity contribution is 8.01. The summed E-state index contributed by atoms with van der Waals surface area (Å²) in [7, 11) is 0. The van der Waals surface area contributed by atoms with E-state index in [2.05, 4.69) is 12.2 Å². The fourth-order valence-corrected chi connectivity index (χ4v) is 4.94. The van der Waals surface area contributed by atoms with E-state index in [9.17, 15) is 9.59 Å². The number of carbonyl (C=O) groups excluding carboxylic acids is 2. The normalized spacial score (nSPS) is 26.6. The monoisotopic (exact) mass is 326 g/mol. The van der Waals surface area contributed by atoms with Crippen LogP contribution in [0, 0.1) is 0 Å². The largest absolute Gasteiger partial charge is 0.324 e. The summed E-state index contributed by atoms with van der Waals surface area (Å²) in [4.78, 5) is 26.4. The Balaban J connectivity index is 1.56. The van der Waals surface area contributed by atoms with Gasteiger partial charge in [0.15, 0.2) is 0 Å². The second kappa shape index (κ2) is 5.27. The number of amides is 2. The topological polar surface area (TPSA) is 49.4 Å². The molecule has 2 atom stereocenters. The second-order valence-electron chi connectivity index (χ2n) is 6.32. The molecule has 4 nitrogen and oxygen atoms in total. The highest BCUT2D eigenvalue weighted by Gasteiger charge is 2.52. The molecule has 0 radical (unpaired) electrons. The van der Waals surface area contributed by atoms with E-state index < -0.39 is 0 Å². The zero-order valence-corrected chi connectivity index (χ0v) is 13.7. The van der Waals surface area contributed by atoms with Gasteiger partial charge in [0.1, 0.15) is 6.04 Å². The van der Waals surface area contributed by atoms with Gasteiger partial charge in [-0.3, -0.25) is 9.59 Å². The van der Waals surface area contributed by atoms with Gasteiger partial charge >= 0.3 is 0 Å². The average Bonchev–Trinajstić information content (AvgIpc) is 3.04. The van der Waals surface area contributed by atoms with E-state index in [1.807, 2.05) is 42.5 Å². The third-order valence-electron chi connectivity index (χ3n) is 4.76. The molecule has 2 aromatic carbocycles. The molecule has 23 heavy (non-hydrogen) atoms. The van der Waals surface area contributed by atoms with Crippen LogP contribution in [0.2, 0.25) is 0 Å². The Kier molecular flexibility index (Phi) is 3.34. The van der Waals surface area contributed by atoms with Crippen molar-refractivity contribution in [3.63, 3.8) is 0 Å². The minimum absolute atomic E-state index is 0.0910. The molecular formula is C18H18N2O2S. The SMILES string of the molecule is C[C@@]12CCC(=O)N1[C@@H](C(=O)Nc1ccc3ccccc3c1)CS2. The van der Waals surface area contributed by atoms with Crippen LogP contribution in [0.3, 0.4) is 0 Å². The lowest BCUT2D eigenvalue weighted by Gasteiger charge is -2.29. The van der Waals surface area contributed by atoms with E-state index in [-0.39, 0.29) is 22.7 Å². The molecule has 0 saturated carbocycles. The minimum atomic E-state index is -0.369. The Bertz CT molecular complexity index is 806. The van der Waals surface area contributed by atoms with Crippen molar-refractivity contribution in [1.82, 2.24) is 4.90 Å². The Morgan fingerprint density at radius 2 is 2.04 bits per heavy atom. The number of anilines is 1. The minimum Gasteiger partial charge on any atom is -0.324 e. The lowest BCUT2D eigenvalue weighted by atomic mass is 10.1. The summed E-state index contributed by atoms with van der Waals surface area (Å²) < 4.78 is 0. The van der Waals surface area contributed by atoms with Gasteiger partial charge in [0.25, 0.3) is 0 Å². The van der Waals surface area contributed by atoms with E-state index in [0.29, 0.717) is 12.2 Å². The molecule has 5 heteroatoms. The van der Waals surface area contributed by atoms with E-state index in [0.717, 1.165) is 22.9 Å². The van der Waals surface area contributed by atoms with Crippen molar-refractivity contribution < 1.29 is 9.59 Å². The van der Waals surface area contributed by atoms with E-state index in [1.54, 1.807) is 16.7 Å². The van der Waals surface area contributed by atoms with Gasteiger partial charge in [0.2, 0.25) is 11.8 Å². The first kappa shape index (κ1) is 14.6. The first-order valence-corrected chi connectivity index (χ1v) is 8.81. The Morgan fingerprint density at radius 3 is 2.87 bits per heavy atom. The van der Waals surface area contributed by atoms with Gasteiger partial charge in [-0.2, -0.15) is 0 Å². The number of nitrogens with zero attached hydrogens (tertiary/aromatic N) is 1. The summed E-state index contributed by atoms with van der Waals surface area (Å²) in [6.07, 6.45) is 1.37. The van der Waals surface area contributed by atoms with Crippen molar-refractivity contribution in [1.29, 1.82) is 0 Å². The zero-order chi connectivity index (χ0) is 16.0. The first-order valence-electron chi connectivity index (χ1n) is 7.83. The first-order chi connectivity index (χ1) is 11.1. The maximum absolute atomic E-state index is 12.7. The molecule has 4 rings (SSSR count). The molecule has 2 heterocycles. The fourth-order valence-electron chi connectivity index (χ4n) is 3.51. The lowest BCUT2D eigenvalue weighted by molar-refractivity contribution is -0.135. The molecular weight excluding hydrogens is 308 g/mol. The number of hydrogen-bond donors (Lipinski definition) is 1. The summed E-state index contributed by atoms with van der Waals surface area (Å²) in [6.45, 7) is 2.06. The summed E-state index contributed by atoms with van der Waals surface area (Å²) in [5, 5.41) is 5.21. The van der Waals surface area contributed by atoms with Gasteiger partial charge in [-0.25, -0.2) is 0 Å². The molecule has 2 aliphatic heterocycles. The van der Waals surface area contributed by atoms with Gasteiger partial charge < -0.3 is 10.2 Å². The smallest absolute Gasteiger partial charge is 0.248 e. The molecule has 1 N–H and O–H groups in total. The summed E-state index contributed by atoms with van der Waals surface area (Å²) >= 11 is 1.71. The molecule has 2 amide bonds. The van der Waals surface area contributed by atoms with Crippen molar-refractivity contribution in [3.8, 4) is 0 Å². The van der Waals surface area contributed by atoms with Crippen LogP contribution in [-0.4, -0.2) is 33.4 Å². The molecule has 2 aliphatic rings. The predicted octanol–water partition coefficient (Wildman–Crippen LogP) is 3.23. The third kappa shape index (κ3) is 2.39. The van der Waals surface area contributed by atoms with Crippen LogP contribution in [0.1, 0.15) is 19.8 Å². The Labute approximate surface area is 139 Å². The molecule has 2 saturated heterocycles. The standard InChI is InChI=1S/C18H18N2O2S/c1-18-9-8-16(21)20(18)15(11-23-18)17(22)19-14-7-6-12-4-2-3-5-13(12)10-14/h2-7,10,15H,8-9,11H2,1H3,(H,19,22)/t15-,18-/m1/s1. The maximum Gasteiger partial charge on any atom is 0.248 e. The van der Waals surface area contributed by atoms with E-state index in [4.69, 9.17) is 0 Å². The molecule has 0 aromatic heterocycles. The Hall–Kier alpha value is -2.01. The van der Waals surface area contributed by atoms with Crippen molar-refractivity contribution in [2.24, 2.45) is 0 Å². The summed E-state index contributed by atoms with van der Waals surface area (Å²) in [5.41, 5.74) is 0.777. The van der Waals surface area contributed by atoms with Crippen LogP contribution in [0.5, 0.6) is 0 Å². The molecule has 0 unspecified atom stereocenters. The molecule has 2 fully saturated rings. The molecule has 118 valence electrons. The van der Waals surface area contributed by atoms with Gasteiger partial charge in [-0.1, -0.05) is 30.3 Å². The van der Waals surface area contributed by atoms with Gasteiger partial charge in [-0.05, 0) is 36.2 Å². The number of fused-ring (bicyclic) bond motifs is 2. The number of thioether (sulfide) groups is 1. The highest BCUT2D eigenvalue weighted by Crippen LogP contribution is 2.47. The fraction of sp³-hybridized carbons (Fsp3) is 0.333. The number of hydrogen-bond acceptors (Lipinski definition) is 3. The molecule has 0 aliphatic carbocycles. The van der Waals surface area contributed by atoms with Crippen LogP contribution >= 0.6 is 11.8 Å². The van der Waals surface area contributed by atoms with Crippen LogP contribution in [0.4, 0.5) is 5.69 Å². The van der Waals surface area contributed by atoms with Crippen LogP contribution in [-0.2, 0) is 9.59 Å². The van der Waals surface area contributed by atoms with Crippen LogP contribution < -0.4 is 5.32 Å². The quantitative estimate of drug-likeness (QED) is 0.922. The second-order valence-corrected chi connectivity index (χ2v) is 7.82. The highest BCUT2D eigenvalue weighted by atomic mass is 32.2.